The molecule has 0 unspecified atom stereocenters. The van der Waals surface area contributed by atoms with Crippen LogP contribution in [0.5, 0.6) is 0 Å². The van der Waals surface area contributed by atoms with E-state index in [4.69, 9.17) is 28.3 Å². The van der Waals surface area contributed by atoms with Gasteiger partial charge in [-0.2, -0.15) is 0 Å². The largest absolute Gasteiger partial charge is 0.481 e. The van der Waals surface area contributed by atoms with Crippen molar-refractivity contribution in [3.05, 3.63) is 28.0 Å². The maximum absolute atomic E-state index is 12.9. The Bertz CT molecular complexity index is 471. The van der Waals surface area contributed by atoms with Crippen LogP contribution in [-0.4, -0.2) is 17.0 Å². The van der Waals surface area contributed by atoms with Gasteiger partial charge in [0.2, 0.25) is 5.91 Å². The summed E-state index contributed by atoms with van der Waals surface area (Å²) in [7, 11) is 0. The highest BCUT2D eigenvalue weighted by molar-refractivity contribution is 6.39. The molecule has 0 fully saturated rings. The number of unbranched alkanes of at least 4 members (excludes halogenated alkanes) is 1. The van der Waals surface area contributed by atoms with Gasteiger partial charge >= 0.3 is 5.97 Å². The van der Waals surface area contributed by atoms with Gasteiger partial charge in [0.15, 0.2) is 0 Å². The summed E-state index contributed by atoms with van der Waals surface area (Å²) in [6.45, 7) is 0. The van der Waals surface area contributed by atoms with Gasteiger partial charge in [0.25, 0.3) is 0 Å². The molecule has 0 aromatic heterocycles. The van der Waals surface area contributed by atoms with Crippen LogP contribution in [0, 0.1) is 5.82 Å². The topological polar surface area (TPSA) is 66.4 Å². The molecular weight excluding hydrogens is 296 g/mol. The van der Waals surface area contributed by atoms with Gasteiger partial charge in [0.05, 0.1) is 15.7 Å². The van der Waals surface area contributed by atoms with Gasteiger partial charge in [-0.05, 0) is 25.0 Å². The van der Waals surface area contributed by atoms with Crippen molar-refractivity contribution >= 4 is 40.8 Å². The molecule has 0 atom stereocenters. The second-order valence-electron chi connectivity index (χ2n) is 3.89. The summed E-state index contributed by atoms with van der Waals surface area (Å²) < 4.78 is 12.9. The molecule has 0 aliphatic heterocycles. The third-order valence-corrected chi connectivity index (χ3v) is 2.91. The van der Waals surface area contributed by atoms with E-state index in [1.807, 2.05) is 0 Å². The van der Waals surface area contributed by atoms with Gasteiger partial charge in [0.1, 0.15) is 5.82 Å². The Balaban J connectivity index is 2.51. The minimum atomic E-state index is -0.898. The number of anilines is 1. The lowest BCUT2D eigenvalue weighted by molar-refractivity contribution is -0.137. The molecule has 1 amide bonds. The molecule has 2 N–H and O–H groups in total. The van der Waals surface area contributed by atoms with Gasteiger partial charge in [-0.1, -0.05) is 23.2 Å². The number of nitrogens with one attached hydrogen (secondary N) is 1. The van der Waals surface area contributed by atoms with Crippen molar-refractivity contribution in [2.24, 2.45) is 0 Å². The van der Waals surface area contributed by atoms with E-state index in [-0.39, 0.29) is 34.5 Å². The third-order valence-electron chi connectivity index (χ3n) is 2.32. The first-order valence-electron chi connectivity index (χ1n) is 5.56. The number of halogens is 3. The molecule has 4 nitrogen and oxygen atoms in total. The van der Waals surface area contributed by atoms with Crippen LogP contribution >= 0.6 is 23.2 Å². The molecule has 0 spiro atoms. The van der Waals surface area contributed by atoms with Crippen molar-refractivity contribution in [1.82, 2.24) is 0 Å². The average molecular weight is 308 g/mol. The fourth-order valence-corrected chi connectivity index (χ4v) is 1.98. The van der Waals surface area contributed by atoms with Gasteiger partial charge in [-0.3, -0.25) is 9.59 Å². The minimum absolute atomic E-state index is 0.0175. The van der Waals surface area contributed by atoms with Crippen molar-refractivity contribution in [3.63, 3.8) is 0 Å². The molecule has 0 radical (unpaired) electrons. The predicted octanol–water partition coefficient (Wildman–Crippen LogP) is 3.72. The number of benzene rings is 1. The molecule has 0 aliphatic carbocycles. The normalized spacial score (nSPS) is 10.3. The Labute approximate surface area is 119 Å². The highest BCUT2D eigenvalue weighted by Gasteiger charge is 2.11. The van der Waals surface area contributed by atoms with E-state index in [1.54, 1.807) is 0 Å². The summed E-state index contributed by atoms with van der Waals surface area (Å²) in [5.74, 6) is -1.83. The molecule has 7 heteroatoms. The van der Waals surface area contributed by atoms with Crippen LogP contribution in [0.4, 0.5) is 10.1 Å². The summed E-state index contributed by atoms with van der Waals surface area (Å²) in [5, 5.41) is 11.0. The molecular formula is C12H12Cl2FNO3. The first-order valence-corrected chi connectivity index (χ1v) is 6.32. The molecule has 19 heavy (non-hydrogen) atoms. The number of rotatable bonds is 6. The quantitative estimate of drug-likeness (QED) is 0.787. The first-order chi connectivity index (χ1) is 8.90. The van der Waals surface area contributed by atoms with E-state index in [2.05, 4.69) is 5.32 Å². The number of carbonyl (C=O) groups is 2. The van der Waals surface area contributed by atoms with Crippen molar-refractivity contribution < 1.29 is 19.1 Å². The van der Waals surface area contributed by atoms with E-state index >= 15 is 0 Å². The molecule has 104 valence electrons. The Morgan fingerprint density at radius 3 is 2.21 bits per heavy atom. The SMILES string of the molecule is O=C(O)CCCCC(=O)Nc1c(Cl)cc(F)cc1Cl. The summed E-state index contributed by atoms with van der Waals surface area (Å²) in [4.78, 5) is 21.9. The summed E-state index contributed by atoms with van der Waals surface area (Å²) in [5.41, 5.74) is 0.160. The van der Waals surface area contributed by atoms with Crippen molar-refractivity contribution in [3.8, 4) is 0 Å². The van der Waals surface area contributed by atoms with E-state index in [0.29, 0.717) is 12.8 Å². The summed E-state index contributed by atoms with van der Waals surface area (Å²) in [6.07, 6.45) is 1.02. The van der Waals surface area contributed by atoms with Crippen molar-refractivity contribution in [1.29, 1.82) is 0 Å². The summed E-state index contributed by atoms with van der Waals surface area (Å²) in [6, 6.07) is 2.10. The Hall–Kier alpha value is -1.33. The number of carboxylic acids is 1. The Morgan fingerprint density at radius 2 is 1.68 bits per heavy atom. The smallest absolute Gasteiger partial charge is 0.303 e. The van der Waals surface area contributed by atoms with Crippen LogP contribution in [0.15, 0.2) is 12.1 Å². The summed E-state index contributed by atoms with van der Waals surface area (Å²) >= 11 is 11.5. The number of carboxylic acid groups (broad SMARTS) is 1. The standard InChI is InChI=1S/C12H12Cl2FNO3/c13-8-5-7(15)6-9(14)12(8)16-10(17)3-1-2-4-11(18)19/h5-6H,1-4H2,(H,16,17)(H,18,19). The zero-order chi connectivity index (χ0) is 14.4. The second kappa shape index (κ2) is 7.31. The van der Waals surface area contributed by atoms with Crippen LogP contribution in [0.3, 0.4) is 0 Å². The van der Waals surface area contributed by atoms with Crippen LogP contribution in [0.2, 0.25) is 10.0 Å². The lowest BCUT2D eigenvalue weighted by atomic mass is 10.2. The molecule has 1 aromatic carbocycles. The number of amides is 1. The highest BCUT2D eigenvalue weighted by atomic mass is 35.5. The van der Waals surface area contributed by atoms with Gasteiger partial charge < -0.3 is 10.4 Å². The third kappa shape index (κ3) is 5.44. The number of hydrogen-bond donors (Lipinski definition) is 2. The molecule has 1 rings (SSSR count). The lowest BCUT2D eigenvalue weighted by Gasteiger charge is -2.09. The van der Waals surface area contributed by atoms with Gasteiger partial charge in [-0.25, -0.2) is 4.39 Å². The first kappa shape index (κ1) is 15.7. The Morgan fingerprint density at radius 1 is 1.16 bits per heavy atom. The molecule has 0 bridgehead atoms. The highest BCUT2D eigenvalue weighted by Crippen LogP contribution is 2.31. The van der Waals surface area contributed by atoms with Crippen LogP contribution in [0.25, 0.3) is 0 Å². The number of aliphatic carboxylic acids is 1. The predicted molar refractivity (Wildman–Crippen MR) is 71.2 cm³/mol. The zero-order valence-corrected chi connectivity index (χ0v) is 11.4. The van der Waals surface area contributed by atoms with Crippen LogP contribution in [0.1, 0.15) is 25.7 Å². The molecule has 0 aliphatic rings. The van der Waals surface area contributed by atoms with Crippen LogP contribution < -0.4 is 5.32 Å². The lowest BCUT2D eigenvalue weighted by Crippen LogP contribution is -2.12. The van der Waals surface area contributed by atoms with E-state index < -0.39 is 11.8 Å². The maximum Gasteiger partial charge on any atom is 0.303 e. The number of carbonyl (C=O) groups excluding carboxylic acids is 1. The Kier molecular flexibility index (Phi) is 6.05. The monoisotopic (exact) mass is 307 g/mol. The van der Waals surface area contributed by atoms with Crippen molar-refractivity contribution in [2.75, 3.05) is 5.32 Å². The second-order valence-corrected chi connectivity index (χ2v) is 4.71. The fourth-order valence-electron chi connectivity index (χ4n) is 1.43. The molecule has 0 saturated carbocycles. The van der Waals surface area contributed by atoms with Crippen LogP contribution in [-0.2, 0) is 9.59 Å². The fraction of sp³-hybridized carbons (Fsp3) is 0.333. The van der Waals surface area contributed by atoms with Gasteiger partial charge in [-0.15, -0.1) is 0 Å². The molecule has 1 aromatic rings. The van der Waals surface area contributed by atoms with E-state index in [9.17, 15) is 14.0 Å². The zero-order valence-electron chi connectivity index (χ0n) is 9.88. The average Bonchev–Trinajstić information content (AvgIpc) is 2.29. The minimum Gasteiger partial charge on any atom is -0.481 e. The van der Waals surface area contributed by atoms with E-state index in [0.717, 1.165) is 12.1 Å². The molecule has 0 heterocycles. The van der Waals surface area contributed by atoms with Gasteiger partial charge in [0, 0.05) is 12.8 Å². The number of hydrogen-bond acceptors (Lipinski definition) is 2. The molecule has 0 saturated heterocycles. The maximum atomic E-state index is 12.9. The van der Waals surface area contributed by atoms with E-state index in [1.165, 1.54) is 0 Å². The van der Waals surface area contributed by atoms with Crippen molar-refractivity contribution in [2.45, 2.75) is 25.7 Å².